The predicted molar refractivity (Wildman–Crippen MR) is 143 cm³/mol. The summed E-state index contributed by atoms with van der Waals surface area (Å²) in [5, 5.41) is 10.0. The fourth-order valence-electron chi connectivity index (χ4n) is 3.84. The highest BCUT2D eigenvalue weighted by atomic mass is 35.5. The number of carbonyl (C=O) groups excluding carboxylic acids is 1. The van der Waals surface area contributed by atoms with Crippen molar-refractivity contribution >= 4 is 40.7 Å². The number of benzene rings is 1. The Kier molecular flexibility index (Phi) is 12.7. The molecule has 0 amide bonds. The van der Waals surface area contributed by atoms with Gasteiger partial charge in [-0.05, 0) is 36.6 Å². The topological polar surface area (TPSA) is 120 Å². The smallest absolute Gasteiger partial charge is 0.351 e. The van der Waals surface area contributed by atoms with E-state index in [-0.39, 0.29) is 12.2 Å². The maximum atomic E-state index is 14.5. The number of alkyl halides is 4. The van der Waals surface area contributed by atoms with Crippen LogP contribution in [0.1, 0.15) is 38.5 Å². The number of hydrogen-bond acceptors (Lipinski definition) is 8. The molecule has 2 heterocycles. The molecule has 1 aromatic heterocycles. The maximum Gasteiger partial charge on any atom is 0.351 e. The number of nitrogens with two attached hydrogens (primary N) is 1. The molecule has 9 nitrogen and oxygen atoms in total. The summed E-state index contributed by atoms with van der Waals surface area (Å²) in [6, 6.07) is 8.99. The number of esters is 1. The maximum absolute atomic E-state index is 14.5. The standard InChI is InChI=1S/C23H28Cl2F2N4O5.C2H6/c24-9-12-30(13-10-25)16-6-4-15(5-7-16)2-1-3-19(32)35-14-17-20(33)23(26,27)21(36-17)31-11-8-18(28)29-22(31)34;1-2/h4-8,11,17,20-21,33H,1-3,9-10,12-14H2,(H2,28,29,34);1-2H3/t17-,20?,21-;/m1./s1. The Labute approximate surface area is 230 Å². The highest BCUT2D eigenvalue weighted by Crippen LogP contribution is 2.42. The van der Waals surface area contributed by atoms with Crippen molar-refractivity contribution in [3.8, 4) is 0 Å². The lowest BCUT2D eigenvalue weighted by atomic mass is 10.1. The van der Waals surface area contributed by atoms with E-state index in [1.165, 1.54) is 0 Å². The number of nitrogen functional groups attached to an aromatic ring is 1. The van der Waals surface area contributed by atoms with Crippen molar-refractivity contribution in [1.29, 1.82) is 0 Å². The molecule has 38 heavy (non-hydrogen) atoms. The van der Waals surface area contributed by atoms with Gasteiger partial charge >= 0.3 is 17.6 Å². The van der Waals surface area contributed by atoms with Crippen LogP contribution >= 0.6 is 23.2 Å². The number of halogens is 4. The second kappa shape index (κ2) is 15.2. The van der Waals surface area contributed by atoms with E-state index in [1.54, 1.807) is 0 Å². The number of ether oxygens (including phenoxy) is 2. The molecular formula is C25H34Cl2F2N4O5. The Bertz CT molecular complexity index is 1070. The van der Waals surface area contributed by atoms with Gasteiger partial charge in [-0.2, -0.15) is 13.8 Å². The first-order valence-corrected chi connectivity index (χ1v) is 13.4. The highest BCUT2D eigenvalue weighted by molar-refractivity contribution is 6.18. The van der Waals surface area contributed by atoms with Gasteiger partial charge in [0.1, 0.15) is 18.5 Å². The third-order valence-corrected chi connectivity index (χ3v) is 6.09. The van der Waals surface area contributed by atoms with Gasteiger partial charge in [0.05, 0.1) is 0 Å². The lowest BCUT2D eigenvalue weighted by molar-refractivity contribution is -0.150. The molecule has 3 rings (SSSR count). The molecule has 0 radical (unpaired) electrons. The van der Waals surface area contributed by atoms with Gasteiger partial charge in [0.2, 0.25) is 6.23 Å². The van der Waals surface area contributed by atoms with Crippen molar-refractivity contribution in [2.45, 2.75) is 57.5 Å². The lowest BCUT2D eigenvalue weighted by Gasteiger charge is -2.23. The molecule has 13 heteroatoms. The summed E-state index contributed by atoms with van der Waals surface area (Å²) in [6.07, 6.45) is -3.77. The summed E-state index contributed by atoms with van der Waals surface area (Å²) >= 11 is 11.7. The van der Waals surface area contributed by atoms with E-state index in [1.807, 2.05) is 38.1 Å². The van der Waals surface area contributed by atoms with Crippen molar-refractivity contribution in [1.82, 2.24) is 9.55 Å². The zero-order valence-electron chi connectivity index (χ0n) is 21.4. The fraction of sp³-hybridized carbons (Fsp3) is 0.560. The van der Waals surface area contributed by atoms with E-state index in [2.05, 4.69) is 9.88 Å². The second-order valence-electron chi connectivity index (χ2n) is 8.26. The first-order chi connectivity index (χ1) is 18.2. The minimum Gasteiger partial charge on any atom is -0.463 e. The third kappa shape index (κ3) is 8.26. The highest BCUT2D eigenvalue weighted by Gasteiger charge is 2.60. The number of carbonyl (C=O) groups is 1. The lowest BCUT2D eigenvalue weighted by Crippen LogP contribution is -2.42. The van der Waals surface area contributed by atoms with E-state index < -0.39 is 42.6 Å². The average Bonchev–Trinajstić information content (AvgIpc) is 3.12. The summed E-state index contributed by atoms with van der Waals surface area (Å²) < 4.78 is 39.9. The number of aliphatic hydroxyl groups excluding tert-OH is 1. The van der Waals surface area contributed by atoms with Gasteiger partial charge in [-0.3, -0.25) is 9.36 Å². The first kappa shape index (κ1) is 31.7. The summed E-state index contributed by atoms with van der Waals surface area (Å²) in [5.41, 5.74) is 6.34. The van der Waals surface area contributed by atoms with Gasteiger partial charge in [-0.1, -0.05) is 26.0 Å². The molecule has 1 saturated heterocycles. The SMILES string of the molecule is CC.Nc1ccn([C@@H]2O[C@H](COC(=O)CCCc3ccc(N(CCCl)CCCl)cc3)C(O)C2(F)F)c(=O)n1. The number of nitrogens with zero attached hydrogens (tertiary/aromatic N) is 3. The number of anilines is 2. The van der Waals surface area contributed by atoms with Crippen LogP contribution < -0.4 is 16.3 Å². The molecule has 0 saturated carbocycles. The number of aromatic nitrogens is 2. The zero-order chi connectivity index (χ0) is 28.3. The number of rotatable bonds is 12. The van der Waals surface area contributed by atoms with Gasteiger partial charge in [0, 0.05) is 43.2 Å². The van der Waals surface area contributed by atoms with Gasteiger partial charge in [0.15, 0.2) is 6.10 Å². The molecule has 212 valence electrons. The first-order valence-electron chi connectivity index (χ1n) is 12.3. The van der Waals surface area contributed by atoms with Crippen LogP contribution in [0.15, 0.2) is 41.3 Å². The average molecular weight is 579 g/mol. The minimum atomic E-state index is -3.81. The largest absolute Gasteiger partial charge is 0.463 e. The van der Waals surface area contributed by atoms with E-state index in [9.17, 15) is 23.5 Å². The van der Waals surface area contributed by atoms with Crippen LogP contribution in [-0.4, -0.2) is 70.2 Å². The van der Waals surface area contributed by atoms with Crippen molar-refractivity contribution in [3.05, 3.63) is 52.6 Å². The van der Waals surface area contributed by atoms with Crippen LogP contribution in [0.3, 0.4) is 0 Å². The van der Waals surface area contributed by atoms with Crippen LogP contribution in [0, 0.1) is 0 Å². The number of aryl methyl sites for hydroxylation is 1. The number of aliphatic hydroxyl groups is 1. The Morgan fingerprint density at radius 2 is 1.84 bits per heavy atom. The van der Waals surface area contributed by atoms with Gasteiger partial charge < -0.3 is 25.2 Å². The Balaban J connectivity index is 0.00000247. The normalized spacial score (nSPS) is 19.9. The molecular weight excluding hydrogens is 545 g/mol. The van der Waals surface area contributed by atoms with Crippen molar-refractivity contribution < 1.29 is 28.2 Å². The molecule has 1 aliphatic heterocycles. The molecule has 0 aliphatic carbocycles. The van der Waals surface area contributed by atoms with Gasteiger partial charge in [-0.15, -0.1) is 23.2 Å². The second-order valence-corrected chi connectivity index (χ2v) is 9.01. The van der Waals surface area contributed by atoms with E-state index in [0.29, 0.717) is 42.3 Å². The molecule has 2 aromatic rings. The molecule has 3 atom stereocenters. The zero-order valence-corrected chi connectivity index (χ0v) is 22.9. The summed E-state index contributed by atoms with van der Waals surface area (Å²) in [6.45, 7) is 4.77. The quantitative estimate of drug-likeness (QED) is 0.289. The summed E-state index contributed by atoms with van der Waals surface area (Å²) in [7, 11) is 0. The van der Waals surface area contributed by atoms with E-state index >= 15 is 0 Å². The molecule has 1 fully saturated rings. The molecule has 1 unspecified atom stereocenters. The summed E-state index contributed by atoms with van der Waals surface area (Å²) in [4.78, 5) is 29.5. The summed E-state index contributed by atoms with van der Waals surface area (Å²) in [5.74, 6) is -3.60. The van der Waals surface area contributed by atoms with Crippen molar-refractivity contribution in [3.63, 3.8) is 0 Å². The molecule has 0 spiro atoms. The van der Waals surface area contributed by atoms with Crippen LogP contribution in [-0.2, 0) is 20.7 Å². The van der Waals surface area contributed by atoms with Crippen molar-refractivity contribution in [2.75, 3.05) is 42.1 Å². The molecule has 1 aliphatic rings. The monoisotopic (exact) mass is 578 g/mol. The fourth-order valence-corrected chi connectivity index (χ4v) is 4.25. The van der Waals surface area contributed by atoms with Crippen LogP contribution in [0.4, 0.5) is 20.3 Å². The Morgan fingerprint density at radius 1 is 1.21 bits per heavy atom. The van der Waals surface area contributed by atoms with E-state index in [4.69, 9.17) is 38.4 Å². The van der Waals surface area contributed by atoms with E-state index in [0.717, 1.165) is 23.5 Å². The number of hydrogen-bond donors (Lipinski definition) is 2. The van der Waals surface area contributed by atoms with Gasteiger partial charge in [-0.25, -0.2) is 4.79 Å². The molecule has 0 bridgehead atoms. The Hall–Kier alpha value is -2.47. The van der Waals surface area contributed by atoms with Crippen molar-refractivity contribution in [2.24, 2.45) is 0 Å². The van der Waals surface area contributed by atoms with Crippen LogP contribution in [0.5, 0.6) is 0 Å². The van der Waals surface area contributed by atoms with Crippen LogP contribution in [0.2, 0.25) is 0 Å². The molecule has 1 aromatic carbocycles. The predicted octanol–water partition coefficient (Wildman–Crippen LogP) is 3.60. The molecule has 3 N–H and O–H groups in total. The van der Waals surface area contributed by atoms with Gasteiger partial charge in [0.25, 0.3) is 0 Å². The third-order valence-electron chi connectivity index (χ3n) is 5.75. The minimum absolute atomic E-state index is 0.0519. The Morgan fingerprint density at radius 3 is 2.42 bits per heavy atom. The van der Waals surface area contributed by atoms with Crippen LogP contribution in [0.25, 0.3) is 0 Å².